The molecule has 1 aromatic heterocycles. The number of benzene rings is 2. The minimum absolute atomic E-state index is 0.205. The molecule has 39 heavy (non-hydrogen) atoms. The van der Waals surface area contributed by atoms with Gasteiger partial charge in [0.25, 0.3) is 0 Å². The molecule has 2 aliphatic heterocycles. The van der Waals surface area contributed by atoms with Crippen LogP contribution in [0.3, 0.4) is 0 Å². The van der Waals surface area contributed by atoms with Crippen molar-refractivity contribution in [3.8, 4) is 11.5 Å². The van der Waals surface area contributed by atoms with Gasteiger partial charge in [0.15, 0.2) is 0 Å². The van der Waals surface area contributed by atoms with Crippen molar-refractivity contribution in [3.05, 3.63) is 89.7 Å². The third kappa shape index (κ3) is 7.39. The molecule has 6 nitrogen and oxygen atoms in total. The number of nitrogens with zero attached hydrogens (tertiary/aromatic N) is 3. The van der Waals surface area contributed by atoms with Gasteiger partial charge >= 0.3 is 0 Å². The first-order chi connectivity index (χ1) is 19.1. The second-order valence-corrected chi connectivity index (χ2v) is 11.1. The molecule has 1 amide bonds. The number of hydrogen-bond donors (Lipinski definition) is 0. The smallest absolute Gasteiger partial charge is 0.227 e. The predicted octanol–water partition coefficient (Wildman–Crippen LogP) is 5.55. The number of aromatic nitrogens is 1. The van der Waals surface area contributed by atoms with Crippen molar-refractivity contribution in [2.45, 2.75) is 51.5 Å². The van der Waals surface area contributed by atoms with Crippen LogP contribution in [0.5, 0.6) is 11.5 Å². The van der Waals surface area contributed by atoms with Gasteiger partial charge in [-0.3, -0.25) is 14.7 Å². The number of aryl methyl sites for hydroxylation is 1. The fraction of sp³-hybridized carbons (Fsp3) is 0.455. The molecule has 3 aromatic rings. The van der Waals surface area contributed by atoms with Gasteiger partial charge in [-0.25, -0.2) is 0 Å². The number of ether oxygens (including phenoxy) is 2. The van der Waals surface area contributed by atoms with Crippen LogP contribution in [0.4, 0.5) is 0 Å². The van der Waals surface area contributed by atoms with E-state index >= 15 is 0 Å². The summed E-state index contributed by atoms with van der Waals surface area (Å²) in [4.78, 5) is 21.9. The van der Waals surface area contributed by atoms with E-state index in [9.17, 15) is 4.79 Å². The molecule has 3 heterocycles. The lowest BCUT2D eigenvalue weighted by Crippen LogP contribution is -2.48. The molecule has 206 valence electrons. The number of amides is 1. The zero-order chi connectivity index (χ0) is 26.9. The minimum Gasteiger partial charge on any atom is -0.497 e. The SMILES string of the molecule is COc1ccc(CN2CCOc3ccccc3CCCCC3(CCN(C(=O)Cc4cccnc4)CC3)C2)cc1. The van der Waals surface area contributed by atoms with Crippen molar-refractivity contribution in [1.29, 1.82) is 0 Å². The molecule has 2 aliphatic rings. The summed E-state index contributed by atoms with van der Waals surface area (Å²) in [7, 11) is 1.71. The first kappa shape index (κ1) is 27.2. The van der Waals surface area contributed by atoms with Crippen LogP contribution in [0.2, 0.25) is 0 Å². The Balaban J connectivity index is 1.30. The van der Waals surface area contributed by atoms with Crippen LogP contribution in [0, 0.1) is 5.41 Å². The normalized spacial score (nSPS) is 18.3. The van der Waals surface area contributed by atoms with Crippen LogP contribution in [0.15, 0.2) is 73.1 Å². The van der Waals surface area contributed by atoms with Crippen molar-refractivity contribution < 1.29 is 14.3 Å². The summed E-state index contributed by atoms with van der Waals surface area (Å²) in [5.74, 6) is 2.12. The van der Waals surface area contributed by atoms with E-state index in [1.165, 1.54) is 24.0 Å². The van der Waals surface area contributed by atoms with Crippen LogP contribution in [0.25, 0.3) is 0 Å². The van der Waals surface area contributed by atoms with E-state index in [2.05, 4.69) is 51.2 Å². The number of methoxy groups -OCH3 is 1. The zero-order valence-corrected chi connectivity index (χ0v) is 23.2. The first-order valence-electron chi connectivity index (χ1n) is 14.4. The Labute approximate surface area is 233 Å². The van der Waals surface area contributed by atoms with E-state index in [0.29, 0.717) is 13.0 Å². The number of rotatable bonds is 5. The number of likely N-dealkylation sites (tertiary alicyclic amines) is 1. The maximum Gasteiger partial charge on any atom is 0.227 e. The van der Waals surface area contributed by atoms with Crippen LogP contribution in [-0.4, -0.2) is 60.6 Å². The highest BCUT2D eigenvalue weighted by molar-refractivity contribution is 5.78. The fourth-order valence-corrected chi connectivity index (χ4v) is 6.14. The van der Waals surface area contributed by atoms with Gasteiger partial charge in [-0.05, 0) is 78.5 Å². The molecule has 0 N–H and O–H groups in total. The Kier molecular flexibility index (Phi) is 9.15. The zero-order valence-electron chi connectivity index (χ0n) is 23.2. The molecule has 0 saturated carbocycles. The van der Waals surface area contributed by atoms with E-state index in [1.54, 1.807) is 19.5 Å². The lowest BCUT2D eigenvalue weighted by Gasteiger charge is -2.45. The third-order valence-electron chi connectivity index (χ3n) is 8.42. The molecule has 0 unspecified atom stereocenters. The molecular weight excluding hydrogens is 486 g/mol. The van der Waals surface area contributed by atoms with Gasteiger partial charge < -0.3 is 14.4 Å². The Morgan fingerprint density at radius 1 is 0.949 bits per heavy atom. The van der Waals surface area contributed by atoms with E-state index in [-0.39, 0.29) is 11.3 Å². The predicted molar refractivity (Wildman–Crippen MR) is 154 cm³/mol. The largest absolute Gasteiger partial charge is 0.497 e. The monoisotopic (exact) mass is 527 g/mol. The quantitative estimate of drug-likeness (QED) is 0.436. The topological polar surface area (TPSA) is 54.9 Å². The van der Waals surface area contributed by atoms with Crippen LogP contribution < -0.4 is 9.47 Å². The maximum atomic E-state index is 13.1. The van der Waals surface area contributed by atoms with Crippen molar-refractivity contribution in [1.82, 2.24) is 14.8 Å². The number of fused-ring (bicyclic) bond motifs is 1. The Morgan fingerprint density at radius 3 is 2.54 bits per heavy atom. The summed E-state index contributed by atoms with van der Waals surface area (Å²) >= 11 is 0. The highest BCUT2D eigenvalue weighted by Gasteiger charge is 2.37. The molecule has 0 radical (unpaired) electrons. The van der Waals surface area contributed by atoms with Crippen LogP contribution in [0.1, 0.15) is 48.8 Å². The van der Waals surface area contributed by atoms with Gasteiger partial charge in [-0.2, -0.15) is 0 Å². The van der Waals surface area contributed by atoms with Gasteiger partial charge in [0, 0.05) is 45.1 Å². The average molecular weight is 528 g/mol. The second-order valence-electron chi connectivity index (χ2n) is 11.1. The van der Waals surface area contributed by atoms with Gasteiger partial charge in [0.2, 0.25) is 5.91 Å². The van der Waals surface area contributed by atoms with Crippen molar-refractivity contribution in [3.63, 3.8) is 0 Å². The number of carbonyl (C=O) groups excluding carboxylic acids is 1. The Hall–Kier alpha value is -3.38. The van der Waals surface area contributed by atoms with Gasteiger partial charge in [-0.1, -0.05) is 42.8 Å². The van der Waals surface area contributed by atoms with Crippen LogP contribution >= 0.6 is 0 Å². The number of pyridine rings is 1. The van der Waals surface area contributed by atoms with Gasteiger partial charge in [0.1, 0.15) is 18.1 Å². The Bertz CT molecular complexity index is 1190. The van der Waals surface area contributed by atoms with E-state index in [0.717, 1.165) is 75.5 Å². The first-order valence-corrected chi connectivity index (χ1v) is 14.4. The Morgan fingerprint density at radius 2 is 1.77 bits per heavy atom. The van der Waals surface area contributed by atoms with E-state index in [1.807, 2.05) is 24.3 Å². The van der Waals surface area contributed by atoms with Gasteiger partial charge in [-0.15, -0.1) is 0 Å². The molecular formula is C33H41N3O3. The summed E-state index contributed by atoms with van der Waals surface area (Å²) in [5, 5.41) is 0. The molecule has 5 rings (SSSR count). The summed E-state index contributed by atoms with van der Waals surface area (Å²) in [6, 6.07) is 20.8. The number of piperidine rings is 1. The molecule has 1 saturated heterocycles. The van der Waals surface area contributed by atoms with Gasteiger partial charge in [0.05, 0.1) is 13.5 Å². The summed E-state index contributed by atoms with van der Waals surface area (Å²) < 4.78 is 11.7. The molecule has 2 aromatic carbocycles. The third-order valence-corrected chi connectivity index (χ3v) is 8.42. The summed E-state index contributed by atoms with van der Waals surface area (Å²) in [6.45, 7) is 5.09. The summed E-state index contributed by atoms with van der Waals surface area (Å²) in [6.07, 6.45) is 10.7. The lowest BCUT2D eigenvalue weighted by atomic mass is 9.73. The maximum absolute atomic E-state index is 13.1. The minimum atomic E-state index is 0.205. The number of hydrogen-bond acceptors (Lipinski definition) is 5. The molecule has 0 bridgehead atoms. The fourth-order valence-electron chi connectivity index (χ4n) is 6.14. The molecule has 6 heteroatoms. The number of para-hydroxylation sites is 1. The molecule has 0 atom stereocenters. The van der Waals surface area contributed by atoms with E-state index < -0.39 is 0 Å². The summed E-state index contributed by atoms with van der Waals surface area (Å²) in [5.41, 5.74) is 3.78. The highest BCUT2D eigenvalue weighted by atomic mass is 16.5. The molecule has 1 spiro atoms. The lowest BCUT2D eigenvalue weighted by molar-refractivity contribution is -0.133. The highest BCUT2D eigenvalue weighted by Crippen LogP contribution is 2.39. The second kappa shape index (κ2) is 13.1. The molecule has 1 fully saturated rings. The van der Waals surface area contributed by atoms with E-state index in [4.69, 9.17) is 9.47 Å². The van der Waals surface area contributed by atoms with Crippen molar-refractivity contribution in [2.24, 2.45) is 5.41 Å². The molecule has 0 aliphatic carbocycles. The van der Waals surface area contributed by atoms with Crippen molar-refractivity contribution in [2.75, 3.05) is 39.9 Å². The number of carbonyl (C=O) groups is 1. The van der Waals surface area contributed by atoms with Crippen LogP contribution in [-0.2, 0) is 24.2 Å². The average Bonchev–Trinajstić information content (AvgIpc) is 2.97. The standard InChI is InChI=1S/C33H41N3O3/c1-38-30-13-11-27(12-14-30)25-35-21-22-39-31-10-3-2-8-29(31)9-4-5-15-33(26-35)16-19-36(20-17-33)32(37)23-28-7-6-18-34-24-28/h2-3,6-8,10-14,18,24H,4-5,9,15-17,19-23,25-26H2,1H3. The van der Waals surface area contributed by atoms with Crippen molar-refractivity contribution >= 4 is 5.91 Å².